The molecule has 0 spiro atoms. The van der Waals surface area contributed by atoms with E-state index in [4.69, 9.17) is 0 Å². The van der Waals surface area contributed by atoms with Gasteiger partial charge in [-0.05, 0) is 62.1 Å². The molecule has 1 atom stereocenters. The molecule has 0 aromatic heterocycles. The monoisotopic (exact) mass is 552 g/mol. The van der Waals surface area contributed by atoms with Gasteiger partial charge >= 0.3 is 0 Å². The molecule has 1 aliphatic carbocycles. The first kappa shape index (κ1) is 27.3. The zero-order valence-electron chi connectivity index (χ0n) is 22.1. The minimum Gasteiger partial charge on any atom is -0.342 e. The molecule has 0 bridgehead atoms. The molecule has 3 amide bonds. The maximum absolute atomic E-state index is 13.1. The zero-order chi connectivity index (χ0) is 27.4. The number of carbonyl (C=O) groups excluding carboxylic acids is 3. The third-order valence-electron chi connectivity index (χ3n) is 8.08. The highest BCUT2D eigenvalue weighted by molar-refractivity contribution is 7.89. The molecule has 10 heteroatoms. The summed E-state index contributed by atoms with van der Waals surface area (Å²) >= 11 is 0. The van der Waals surface area contributed by atoms with Crippen LogP contribution in [0.25, 0.3) is 0 Å². The molecule has 3 aliphatic rings. The van der Waals surface area contributed by atoms with Gasteiger partial charge in [0, 0.05) is 49.4 Å². The number of nitrogens with one attached hydrogen (secondary N) is 2. The number of rotatable bonds is 7. The molecule has 2 heterocycles. The molecule has 0 radical (unpaired) electrons. The van der Waals surface area contributed by atoms with E-state index in [2.05, 4.69) is 10.0 Å². The fourth-order valence-corrected chi connectivity index (χ4v) is 7.13. The van der Waals surface area contributed by atoms with Gasteiger partial charge < -0.3 is 15.1 Å². The van der Waals surface area contributed by atoms with Crippen LogP contribution in [-0.4, -0.2) is 56.7 Å². The highest BCUT2D eigenvalue weighted by atomic mass is 32.2. The van der Waals surface area contributed by atoms with E-state index in [0.717, 1.165) is 37.8 Å². The van der Waals surface area contributed by atoms with Crippen LogP contribution < -0.4 is 14.9 Å². The summed E-state index contributed by atoms with van der Waals surface area (Å²) in [4.78, 5) is 42.2. The number of anilines is 2. The van der Waals surface area contributed by atoms with Crippen molar-refractivity contribution in [2.24, 2.45) is 11.8 Å². The largest absolute Gasteiger partial charge is 0.342 e. The summed E-state index contributed by atoms with van der Waals surface area (Å²) in [6.07, 6.45) is 6.24. The van der Waals surface area contributed by atoms with Crippen molar-refractivity contribution in [3.63, 3.8) is 0 Å². The molecule has 3 fully saturated rings. The lowest BCUT2D eigenvalue weighted by atomic mass is 9.94. The van der Waals surface area contributed by atoms with Crippen molar-refractivity contribution in [2.45, 2.75) is 62.3 Å². The van der Waals surface area contributed by atoms with Crippen LogP contribution in [0.4, 0.5) is 11.4 Å². The number of hydrogen-bond donors (Lipinski definition) is 2. The van der Waals surface area contributed by atoms with Crippen molar-refractivity contribution in [3.8, 4) is 0 Å². The molecule has 5 rings (SSSR count). The molecule has 208 valence electrons. The number of nitrogens with zero attached hydrogens (tertiary/aromatic N) is 2. The van der Waals surface area contributed by atoms with Crippen LogP contribution in [0.1, 0.15) is 51.4 Å². The van der Waals surface area contributed by atoms with Crippen LogP contribution in [0.5, 0.6) is 0 Å². The van der Waals surface area contributed by atoms with Crippen molar-refractivity contribution in [1.29, 1.82) is 0 Å². The van der Waals surface area contributed by atoms with E-state index < -0.39 is 10.0 Å². The maximum atomic E-state index is 13.1. The lowest BCUT2D eigenvalue weighted by Gasteiger charge is -2.33. The van der Waals surface area contributed by atoms with Gasteiger partial charge in [0.15, 0.2) is 0 Å². The van der Waals surface area contributed by atoms with Crippen LogP contribution in [-0.2, 0) is 24.4 Å². The molecule has 9 nitrogen and oxygen atoms in total. The zero-order valence-corrected chi connectivity index (χ0v) is 22.9. The number of para-hydroxylation sites is 1. The van der Waals surface area contributed by atoms with Gasteiger partial charge in [0.05, 0.1) is 10.8 Å². The van der Waals surface area contributed by atoms with Crippen LogP contribution in [0, 0.1) is 11.8 Å². The van der Waals surface area contributed by atoms with E-state index in [-0.39, 0.29) is 46.9 Å². The normalized spacial score (nSPS) is 21.2. The van der Waals surface area contributed by atoms with Crippen LogP contribution >= 0.6 is 0 Å². The van der Waals surface area contributed by atoms with Gasteiger partial charge in [0.2, 0.25) is 27.7 Å². The summed E-state index contributed by atoms with van der Waals surface area (Å²) in [5, 5.41) is 2.89. The Labute approximate surface area is 230 Å². The Bertz CT molecular complexity index is 1280. The predicted octanol–water partition coefficient (Wildman–Crippen LogP) is 3.53. The summed E-state index contributed by atoms with van der Waals surface area (Å²) in [5.41, 5.74) is 1.35. The molecule has 2 aromatic carbocycles. The maximum Gasteiger partial charge on any atom is 0.240 e. The number of likely N-dealkylation sites (tertiary alicyclic amines) is 1. The SMILES string of the molecule is O=C(Nc1ccc(S(=O)(=O)NC2CCCCC2)cc1)C1CCN(C(=O)C2CC(=O)N(c3ccccc3)C2)CC1. The second-order valence-electron chi connectivity index (χ2n) is 10.8. The Morgan fingerprint density at radius 3 is 2.15 bits per heavy atom. The van der Waals surface area contributed by atoms with Gasteiger partial charge in [-0.3, -0.25) is 14.4 Å². The first-order valence-electron chi connectivity index (χ1n) is 13.9. The number of benzene rings is 2. The number of carbonyl (C=O) groups is 3. The molecular weight excluding hydrogens is 516 g/mol. The highest BCUT2D eigenvalue weighted by Gasteiger charge is 2.38. The molecule has 1 unspecified atom stereocenters. The summed E-state index contributed by atoms with van der Waals surface area (Å²) in [6.45, 7) is 1.32. The van der Waals surface area contributed by atoms with E-state index in [9.17, 15) is 22.8 Å². The predicted molar refractivity (Wildman–Crippen MR) is 148 cm³/mol. The average molecular weight is 553 g/mol. The van der Waals surface area contributed by atoms with Gasteiger partial charge in [-0.25, -0.2) is 13.1 Å². The van der Waals surface area contributed by atoms with Gasteiger partial charge in [0.1, 0.15) is 0 Å². The molecule has 39 heavy (non-hydrogen) atoms. The van der Waals surface area contributed by atoms with Crippen LogP contribution in [0.2, 0.25) is 0 Å². The van der Waals surface area contributed by atoms with Gasteiger partial charge in [-0.2, -0.15) is 0 Å². The summed E-state index contributed by atoms with van der Waals surface area (Å²) in [5.74, 6) is -0.817. The third-order valence-corrected chi connectivity index (χ3v) is 9.62. The Balaban J connectivity index is 1.10. The summed E-state index contributed by atoms with van der Waals surface area (Å²) in [6, 6.07) is 15.6. The van der Waals surface area contributed by atoms with E-state index in [1.807, 2.05) is 30.3 Å². The van der Waals surface area contributed by atoms with Gasteiger partial charge in [-0.15, -0.1) is 0 Å². The molecule has 1 saturated carbocycles. The van der Waals surface area contributed by atoms with Gasteiger partial charge in [-0.1, -0.05) is 37.5 Å². The average Bonchev–Trinajstić information content (AvgIpc) is 3.35. The molecule has 2 aliphatic heterocycles. The summed E-state index contributed by atoms with van der Waals surface area (Å²) < 4.78 is 28.2. The lowest BCUT2D eigenvalue weighted by Crippen LogP contribution is -2.44. The lowest BCUT2D eigenvalue weighted by molar-refractivity contribution is -0.138. The Kier molecular flexibility index (Phi) is 8.32. The standard InChI is InChI=1S/C29H36N4O5S/c34-27-19-22(20-33(27)25-9-5-2-6-10-25)29(36)32-17-15-21(16-18-32)28(35)30-23-11-13-26(14-12-23)39(37,38)31-24-7-3-1-4-8-24/h2,5-6,9-14,21-22,24,31H,1,3-4,7-8,15-20H2,(H,30,35). The van der Waals surface area contributed by atoms with Crippen molar-refractivity contribution < 1.29 is 22.8 Å². The Morgan fingerprint density at radius 1 is 0.821 bits per heavy atom. The second kappa shape index (κ2) is 11.9. The Hall–Kier alpha value is -3.24. The number of hydrogen-bond acceptors (Lipinski definition) is 5. The minimum atomic E-state index is -3.59. The van der Waals surface area contributed by atoms with E-state index in [1.54, 1.807) is 21.9 Å². The molecule has 2 aromatic rings. The smallest absolute Gasteiger partial charge is 0.240 e. The fraction of sp³-hybridized carbons (Fsp3) is 0.483. The molecule has 2 saturated heterocycles. The fourth-order valence-electron chi connectivity index (χ4n) is 5.82. The van der Waals surface area contributed by atoms with Crippen molar-refractivity contribution in [3.05, 3.63) is 54.6 Å². The van der Waals surface area contributed by atoms with Gasteiger partial charge in [0.25, 0.3) is 0 Å². The first-order chi connectivity index (χ1) is 18.8. The second-order valence-corrected chi connectivity index (χ2v) is 12.5. The van der Waals surface area contributed by atoms with E-state index in [0.29, 0.717) is 38.2 Å². The highest BCUT2D eigenvalue weighted by Crippen LogP contribution is 2.28. The van der Waals surface area contributed by atoms with E-state index >= 15 is 0 Å². The molecular formula is C29H36N4O5S. The van der Waals surface area contributed by atoms with Crippen molar-refractivity contribution >= 4 is 39.1 Å². The van der Waals surface area contributed by atoms with Crippen molar-refractivity contribution in [1.82, 2.24) is 9.62 Å². The quantitative estimate of drug-likeness (QED) is 0.545. The topological polar surface area (TPSA) is 116 Å². The van der Waals surface area contributed by atoms with E-state index in [1.165, 1.54) is 12.1 Å². The third kappa shape index (κ3) is 6.50. The molecule has 2 N–H and O–H groups in total. The summed E-state index contributed by atoms with van der Waals surface area (Å²) in [7, 11) is -3.59. The first-order valence-corrected chi connectivity index (χ1v) is 15.4. The number of piperidine rings is 1. The Morgan fingerprint density at radius 2 is 1.49 bits per heavy atom. The van der Waals surface area contributed by atoms with Crippen LogP contribution in [0.3, 0.4) is 0 Å². The van der Waals surface area contributed by atoms with Crippen LogP contribution in [0.15, 0.2) is 59.5 Å². The number of amides is 3. The minimum absolute atomic E-state index is 0.0159. The number of sulfonamides is 1. The van der Waals surface area contributed by atoms with Crippen molar-refractivity contribution in [2.75, 3.05) is 29.9 Å².